The van der Waals surface area contributed by atoms with E-state index in [1.807, 2.05) is 42.7 Å². The van der Waals surface area contributed by atoms with Crippen LogP contribution >= 0.6 is 0 Å². The Bertz CT molecular complexity index is 812. The number of carboxylic acid groups (broad SMARTS) is 1. The van der Waals surface area contributed by atoms with E-state index in [-0.39, 0.29) is 0 Å². The molecule has 0 amide bonds. The molecular weight excluding hydrogens is 268 g/mol. The Hall–Kier alpha value is -2.63. The van der Waals surface area contributed by atoms with Gasteiger partial charge in [0.1, 0.15) is 6.04 Å². The Morgan fingerprint density at radius 2 is 1.90 bits per heavy atom. The van der Waals surface area contributed by atoms with Gasteiger partial charge in [-0.25, -0.2) is 14.5 Å². The van der Waals surface area contributed by atoms with Crippen molar-refractivity contribution in [3.05, 3.63) is 41.9 Å². The maximum absolute atomic E-state index is 11.3. The molecule has 108 valence electrons. The Morgan fingerprint density at radius 3 is 2.52 bits per heavy atom. The van der Waals surface area contributed by atoms with Crippen LogP contribution in [0.3, 0.4) is 0 Å². The van der Waals surface area contributed by atoms with Crippen molar-refractivity contribution in [2.75, 3.05) is 0 Å². The molecule has 0 aliphatic carbocycles. The highest BCUT2D eigenvalue weighted by molar-refractivity contribution is 5.85. The van der Waals surface area contributed by atoms with Crippen molar-refractivity contribution in [2.45, 2.75) is 26.8 Å². The van der Waals surface area contributed by atoms with E-state index in [1.165, 1.54) is 4.68 Å². The van der Waals surface area contributed by atoms with Crippen LogP contribution in [0.1, 0.15) is 24.4 Å². The minimum Gasteiger partial charge on any atom is -0.480 e. The molecule has 1 N–H and O–H groups in total. The van der Waals surface area contributed by atoms with E-state index in [9.17, 15) is 9.90 Å². The summed E-state index contributed by atoms with van der Waals surface area (Å²) >= 11 is 0. The smallest absolute Gasteiger partial charge is 0.328 e. The number of pyridine rings is 1. The van der Waals surface area contributed by atoms with Crippen molar-refractivity contribution in [1.82, 2.24) is 19.3 Å². The lowest BCUT2D eigenvalue weighted by molar-refractivity contribution is -0.140. The van der Waals surface area contributed by atoms with E-state index in [4.69, 9.17) is 0 Å². The fraction of sp³-hybridized carbons (Fsp3) is 0.267. The lowest BCUT2D eigenvalue weighted by atomic mass is 10.3. The van der Waals surface area contributed by atoms with Gasteiger partial charge in [-0.05, 0) is 45.0 Å². The van der Waals surface area contributed by atoms with E-state index in [1.54, 1.807) is 13.1 Å². The van der Waals surface area contributed by atoms with Crippen LogP contribution in [0.2, 0.25) is 0 Å². The highest BCUT2D eigenvalue weighted by Crippen LogP contribution is 2.25. The third-order valence-corrected chi connectivity index (χ3v) is 3.65. The summed E-state index contributed by atoms with van der Waals surface area (Å²) in [6.45, 7) is 5.59. The monoisotopic (exact) mass is 284 g/mol. The number of hydrogen-bond donors (Lipinski definition) is 1. The molecule has 0 spiro atoms. The van der Waals surface area contributed by atoms with E-state index in [0.29, 0.717) is 11.5 Å². The number of aryl methyl sites for hydroxylation is 2. The van der Waals surface area contributed by atoms with Crippen LogP contribution in [0.5, 0.6) is 0 Å². The Labute approximate surface area is 121 Å². The molecule has 3 heterocycles. The summed E-state index contributed by atoms with van der Waals surface area (Å²) in [6, 6.07) is 6.99. The van der Waals surface area contributed by atoms with E-state index < -0.39 is 12.0 Å². The summed E-state index contributed by atoms with van der Waals surface area (Å²) in [5, 5.41) is 14.6. The van der Waals surface area contributed by atoms with Crippen LogP contribution in [0, 0.1) is 13.8 Å². The van der Waals surface area contributed by atoms with Crippen molar-refractivity contribution in [3.8, 4) is 5.82 Å². The summed E-state index contributed by atoms with van der Waals surface area (Å²) in [5.74, 6) is -0.219. The molecule has 0 fully saturated rings. The molecule has 0 saturated heterocycles. The molecule has 6 nitrogen and oxygen atoms in total. The van der Waals surface area contributed by atoms with Gasteiger partial charge >= 0.3 is 5.97 Å². The second-order valence-electron chi connectivity index (χ2n) is 5.11. The summed E-state index contributed by atoms with van der Waals surface area (Å²) in [4.78, 5) is 15.6. The molecule has 6 heteroatoms. The van der Waals surface area contributed by atoms with E-state index in [0.717, 1.165) is 16.8 Å². The number of hydrogen-bond acceptors (Lipinski definition) is 3. The lowest BCUT2D eigenvalue weighted by Crippen LogP contribution is -2.17. The van der Waals surface area contributed by atoms with E-state index in [2.05, 4.69) is 10.1 Å². The Balaban J connectivity index is 2.33. The van der Waals surface area contributed by atoms with Gasteiger partial charge in [0.2, 0.25) is 0 Å². The van der Waals surface area contributed by atoms with Gasteiger partial charge in [0.25, 0.3) is 0 Å². The van der Waals surface area contributed by atoms with Crippen molar-refractivity contribution < 1.29 is 9.90 Å². The first-order valence-electron chi connectivity index (χ1n) is 6.72. The molecule has 3 aromatic heterocycles. The molecule has 3 rings (SSSR count). The number of aliphatic carboxylic acids is 1. The zero-order valence-corrected chi connectivity index (χ0v) is 12.1. The van der Waals surface area contributed by atoms with Gasteiger partial charge < -0.3 is 9.67 Å². The molecule has 21 heavy (non-hydrogen) atoms. The first-order chi connectivity index (χ1) is 10.0. The van der Waals surface area contributed by atoms with E-state index >= 15 is 0 Å². The topological polar surface area (TPSA) is 72.9 Å². The molecule has 0 aromatic carbocycles. The van der Waals surface area contributed by atoms with Gasteiger partial charge in [-0.3, -0.25) is 0 Å². The first kappa shape index (κ1) is 13.4. The second-order valence-corrected chi connectivity index (χ2v) is 5.11. The normalized spacial score (nSPS) is 12.7. The Morgan fingerprint density at radius 1 is 1.24 bits per heavy atom. The molecule has 0 aliphatic rings. The standard InChI is InChI=1S/C15H16N4O2/c1-9-6-7-10(2)18(9)14-12-5-4-8-16-13(12)19(17-14)11(3)15(20)21/h4-8,11H,1-3H3,(H,20,21). The van der Waals surface area contributed by atoms with Crippen LogP contribution in [0.25, 0.3) is 16.9 Å². The number of aromatic nitrogens is 4. The summed E-state index contributed by atoms with van der Waals surface area (Å²) < 4.78 is 3.47. The molecule has 1 atom stereocenters. The summed E-state index contributed by atoms with van der Waals surface area (Å²) in [5.41, 5.74) is 2.67. The number of rotatable bonds is 3. The maximum Gasteiger partial charge on any atom is 0.328 e. The third-order valence-electron chi connectivity index (χ3n) is 3.65. The van der Waals surface area contributed by atoms with Crippen LogP contribution in [-0.2, 0) is 4.79 Å². The first-order valence-corrected chi connectivity index (χ1v) is 6.72. The molecule has 0 bridgehead atoms. The average Bonchev–Trinajstić information content (AvgIpc) is 2.99. The quantitative estimate of drug-likeness (QED) is 0.802. The van der Waals surface area contributed by atoms with Gasteiger partial charge in [0, 0.05) is 17.6 Å². The fourth-order valence-corrected chi connectivity index (χ4v) is 2.50. The molecule has 1 unspecified atom stereocenters. The highest BCUT2D eigenvalue weighted by Gasteiger charge is 2.22. The number of carbonyl (C=O) groups is 1. The van der Waals surface area contributed by atoms with Crippen LogP contribution in [-0.4, -0.2) is 30.4 Å². The van der Waals surface area contributed by atoms with Gasteiger partial charge in [0.15, 0.2) is 11.5 Å². The van der Waals surface area contributed by atoms with Gasteiger partial charge in [-0.2, -0.15) is 5.10 Å². The molecule has 0 aliphatic heterocycles. The second kappa shape index (κ2) is 4.73. The molecule has 0 radical (unpaired) electrons. The zero-order chi connectivity index (χ0) is 15.1. The predicted octanol–water partition coefficient (Wildman–Crippen LogP) is 2.48. The number of carboxylic acids is 1. The third kappa shape index (κ3) is 1.99. The molecule has 0 saturated carbocycles. The van der Waals surface area contributed by atoms with Crippen LogP contribution < -0.4 is 0 Å². The summed E-state index contributed by atoms with van der Waals surface area (Å²) in [7, 11) is 0. The predicted molar refractivity (Wildman–Crippen MR) is 78.7 cm³/mol. The highest BCUT2D eigenvalue weighted by atomic mass is 16.4. The van der Waals surface area contributed by atoms with Gasteiger partial charge in [-0.15, -0.1) is 0 Å². The number of nitrogens with zero attached hydrogens (tertiary/aromatic N) is 4. The lowest BCUT2D eigenvalue weighted by Gasteiger charge is -2.07. The SMILES string of the molecule is Cc1ccc(C)n1-c1nn(C(C)C(=O)O)c2ncccc12. The van der Waals surface area contributed by atoms with Gasteiger partial charge in [-0.1, -0.05) is 0 Å². The van der Waals surface area contributed by atoms with Crippen LogP contribution in [0.4, 0.5) is 0 Å². The van der Waals surface area contributed by atoms with Gasteiger partial charge in [0.05, 0.1) is 5.39 Å². The van der Waals surface area contributed by atoms with Crippen molar-refractivity contribution in [3.63, 3.8) is 0 Å². The largest absolute Gasteiger partial charge is 0.480 e. The maximum atomic E-state index is 11.3. The van der Waals surface area contributed by atoms with Crippen molar-refractivity contribution in [1.29, 1.82) is 0 Å². The number of fused-ring (bicyclic) bond motifs is 1. The zero-order valence-electron chi connectivity index (χ0n) is 12.1. The minimum absolute atomic E-state index is 0.579. The minimum atomic E-state index is -0.933. The molecule has 3 aromatic rings. The van der Waals surface area contributed by atoms with Crippen LogP contribution in [0.15, 0.2) is 30.5 Å². The summed E-state index contributed by atoms with van der Waals surface area (Å²) in [6.07, 6.45) is 1.65. The van der Waals surface area contributed by atoms with Crippen molar-refractivity contribution in [2.24, 2.45) is 0 Å². The van der Waals surface area contributed by atoms with Crippen molar-refractivity contribution >= 4 is 17.0 Å². The average molecular weight is 284 g/mol. The Kier molecular flexibility index (Phi) is 3.01. The fourth-order valence-electron chi connectivity index (χ4n) is 2.50. The molecular formula is C15H16N4O2.